The quantitative estimate of drug-likeness (QED) is 0.256. The highest BCUT2D eigenvalue weighted by atomic mass is 35.5. The van der Waals surface area contributed by atoms with Crippen LogP contribution in [0.2, 0.25) is 10.0 Å². The summed E-state index contributed by atoms with van der Waals surface area (Å²) in [5.74, 6) is -1.77. The summed E-state index contributed by atoms with van der Waals surface area (Å²) < 4.78 is 0. The van der Waals surface area contributed by atoms with Crippen LogP contribution >= 0.6 is 23.2 Å². The van der Waals surface area contributed by atoms with Gasteiger partial charge >= 0.3 is 0 Å². The van der Waals surface area contributed by atoms with Gasteiger partial charge in [0.2, 0.25) is 5.91 Å². The summed E-state index contributed by atoms with van der Waals surface area (Å²) in [6.45, 7) is 1.78. The lowest BCUT2D eigenvalue weighted by Gasteiger charge is -2.30. The highest BCUT2D eigenvalue weighted by molar-refractivity contribution is 6.35. The smallest absolute Gasteiger partial charge is 0.254 e. The fourth-order valence-corrected chi connectivity index (χ4v) is 5.37. The van der Waals surface area contributed by atoms with Crippen molar-refractivity contribution in [2.75, 3.05) is 6.54 Å². The number of likely N-dealkylation sites (tertiary alicyclic amines) is 1. The van der Waals surface area contributed by atoms with Gasteiger partial charge in [-0.15, -0.1) is 0 Å². The molecule has 11 heteroatoms. The molecule has 6 N–H and O–H groups in total. The van der Waals surface area contributed by atoms with Crippen LogP contribution in [0.15, 0.2) is 66.7 Å². The van der Waals surface area contributed by atoms with E-state index < -0.39 is 42.0 Å². The maximum Gasteiger partial charge on any atom is 0.254 e. The summed E-state index contributed by atoms with van der Waals surface area (Å²) in [5.41, 5.74) is 8.15. The van der Waals surface area contributed by atoms with Gasteiger partial charge in [-0.05, 0) is 55.2 Å². The van der Waals surface area contributed by atoms with E-state index in [0.29, 0.717) is 21.2 Å². The largest absolute Gasteiger partial charge is 0.508 e. The number of hydrogen-bond donors (Lipinski definition) is 5. The minimum Gasteiger partial charge on any atom is -0.508 e. The number of nitrogens with two attached hydrogens (primary N) is 1. The van der Waals surface area contributed by atoms with E-state index in [1.54, 1.807) is 31.2 Å². The molecule has 0 aromatic heterocycles. The van der Waals surface area contributed by atoms with Crippen molar-refractivity contribution in [3.8, 4) is 5.75 Å². The lowest BCUT2D eigenvalue weighted by molar-refractivity contribution is -0.146. The van der Waals surface area contributed by atoms with Gasteiger partial charge in [0.15, 0.2) is 6.10 Å². The Bertz CT molecular complexity index is 1420. The molecule has 1 heterocycles. The fourth-order valence-electron chi connectivity index (χ4n) is 4.89. The van der Waals surface area contributed by atoms with E-state index in [0.717, 1.165) is 5.56 Å². The number of aromatic hydroxyl groups is 1. The number of carbonyl (C=O) groups is 3. The molecule has 3 amide bonds. The molecule has 216 valence electrons. The van der Waals surface area contributed by atoms with E-state index in [2.05, 4.69) is 10.6 Å². The predicted octanol–water partition coefficient (Wildman–Crippen LogP) is 2.95. The van der Waals surface area contributed by atoms with Crippen molar-refractivity contribution in [1.82, 2.24) is 15.5 Å². The summed E-state index contributed by atoms with van der Waals surface area (Å²) >= 11 is 12.2. The van der Waals surface area contributed by atoms with E-state index in [4.69, 9.17) is 28.9 Å². The van der Waals surface area contributed by atoms with Gasteiger partial charge in [-0.1, -0.05) is 65.7 Å². The SMILES string of the molecule is Cc1c(O)cccc1C(=O)N[C@@H](Cc1ccccc1)[C@H](O)C(=O)N1C[C@H](N)C[C@H]1C(=O)NCc1ccc(Cl)cc1Cl. The Hall–Kier alpha value is -3.63. The number of phenols is 1. The Kier molecular flexibility index (Phi) is 9.88. The maximum atomic E-state index is 13.7. The lowest BCUT2D eigenvalue weighted by atomic mass is 9.98. The Labute approximate surface area is 248 Å². The standard InChI is InChI=1S/C30H32Cl2N4O5/c1-17-22(8-5-9-26(17)37)28(39)35-24(12-18-6-3-2-4-7-18)27(38)30(41)36-16-21(33)14-25(36)29(40)34-15-19-10-11-20(31)13-23(19)32/h2-11,13,21,24-25,27,37-38H,12,14-16,33H2,1H3,(H,34,40)(H,35,39)/t21-,24+,25+,27+/m1/s1. The molecule has 3 aromatic rings. The van der Waals surface area contributed by atoms with Gasteiger partial charge in [0, 0.05) is 40.3 Å². The molecule has 9 nitrogen and oxygen atoms in total. The van der Waals surface area contributed by atoms with Crippen molar-refractivity contribution < 1.29 is 24.6 Å². The first-order valence-corrected chi connectivity index (χ1v) is 13.9. The molecule has 1 fully saturated rings. The molecule has 0 aliphatic carbocycles. The molecule has 1 aliphatic heterocycles. The number of benzene rings is 3. The predicted molar refractivity (Wildman–Crippen MR) is 157 cm³/mol. The molecule has 0 spiro atoms. The van der Waals surface area contributed by atoms with Crippen LogP contribution in [-0.2, 0) is 22.6 Å². The Morgan fingerprint density at radius 3 is 2.51 bits per heavy atom. The van der Waals surface area contributed by atoms with Crippen LogP contribution in [0.5, 0.6) is 5.75 Å². The minimum absolute atomic E-state index is 0.0475. The molecule has 0 saturated carbocycles. The van der Waals surface area contributed by atoms with Gasteiger partial charge < -0.3 is 31.5 Å². The molecule has 4 rings (SSSR count). The van der Waals surface area contributed by atoms with Crippen LogP contribution < -0.4 is 16.4 Å². The summed E-state index contributed by atoms with van der Waals surface area (Å²) in [6, 6.07) is 16.2. The Morgan fingerprint density at radius 1 is 1.07 bits per heavy atom. The summed E-state index contributed by atoms with van der Waals surface area (Å²) in [7, 11) is 0. The zero-order valence-electron chi connectivity index (χ0n) is 22.4. The number of aliphatic hydroxyl groups excluding tert-OH is 1. The first-order valence-electron chi connectivity index (χ1n) is 13.1. The summed E-state index contributed by atoms with van der Waals surface area (Å²) in [5, 5.41) is 27.8. The van der Waals surface area contributed by atoms with Crippen LogP contribution in [0.1, 0.15) is 33.5 Å². The zero-order chi connectivity index (χ0) is 29.7. The Balaban J connectivity index is 1.52. The van der Waals surface area contributed by atoms with Crippen molar-refractivity contribution in [3.63, 3.8) is 0 Å². The zero-order valence-corrected chi connectivity index (χ0v) is 23.9. The third-order valence-corrected chi connectivity index (χ3v) is 7.77. The molecule has 1 saturated heterocycles. The third-order valence-electron chi connectivity index (χ3n) is 7.19. The van der Waals surface area contributed by atoms with Crippen LogP contribution in [0.3, 0.4) is 0 Å². The second-order valence-corrected chi connectivity index (χ2v) is 11.0. The number of phenolic OH excluding ortho intramolecular Hbond substituents is 1. The monoisotopic (exact) mass is 598 g/mol. The van der Waals surface area contributed by atoms with Crippen LogP contribution in [0.4, 0.5) is 0 Å². The number of halogens is 2. The maximum absolute atomic E-state index is 13.7. The highest BCUT2D eigenvalue weighted by Crippen LogP contribution is 2.24. The number of nitrogens with zero attached hydrogens (tertiary/aromatic N) is 1. The Morgan fingerprint density at radius 2 is 1.80 bits per heavy atom. The topological polar surface area (TPSA) is 145 Å². The number of carbonyl (C=O) groups excluding carboxylic acids is 3. The third kappa shape index (κ3) is 7.37. The number of nitrogens with one attached hydrogen (secondary N) is 2. The second kappa shape index (κ2) is 13.4. The first-order chi connectivity index (χ1) is 19.5. The van der Waals surface area contributed by atoms with Gasteiger partial charge in [-0.2, -0.15) is 0 Å². The molecule has 0 bridgehead atoms. The molecular weight excluding hydrogens is 567 g/mol. The van der Waals surface area contributed by atoms with Crippen molar-refractivity contribution in [3.05, 3.63) is 99.0 Å². The molecule has 4 atom stereocenters. The van der Waals surface area contributed by atoms with Crippen molar-refractivity contribution in [2.45, 2.75) is 50.5 Å². The molecule has 0 radical (unpaired) electrons. The van der Waals surface area contributed by atoms with E-state index in [1.807, 2.05) is 30.3 Å². The molecule has 41 heavy (non-hydrogen) atoms. The minimum atomic E-state index is -1.68. The average molecular weight is 600 g/mol. The summed E-state index contributed by atoms with van der Waals surface area (Å²) in [4.78, 5) is 41.3. The fraction of sp³-hybridized carbons (Fsp3) is 0.300. The van der Waals surface area contributed by atoms with Crippen molar-refractivity contribution >= 4 is 40.9 Å². The average Bonchev–Trinajstić information content (AvgIpc) is 3.35. The molecule has 1 aliphatic rings. The number of amides is 3. The summed E-state index contributed by atoms with van der Waals surface area (Å²) in [6.07, 6.45) is -1.33. The van der Waals surface area contributed by atoms with Gasteiger partial charge in [0.1, 0.15) is 11.8 Å². The number of aliphatic hydroxyl groups is 1. The normalized spacial score (nSPS) is 18.0. The van der Waals surface area contributed by atoms with E-state index in [-0.39, 0.29) is 37.2 Å². The van der Waals surface area contributed by atoms with Gasteiger partial charge in [-0.25, -0.2) is 0 Å². The van der Waals surface area contributed by atoms with Gasteiger partial charge in [0.25, 0.3) is 11.8 Å². The second-order valence-electron chi connectivity index (χ2n) is 10.1. The van der Waals surface area contributed by atoms with Crippen LogP contribution in [0.25, 0.3) is 0 Å². The molecule has 0 unspecified atom stereocenters. The lowest BCUT2D eigenvalue weighted by Crippen LogP contribution is -2.55. The van der Waals surface area contributed by atoms with E-state index >= 15 is 0 Å². The highest BCUT2D eigenvalue weighted by Gasteiger charge is 2.42. The van der Waals surface area contributed by atoms with Crippen molar-refractivity contribution in [1.29, 1.82) is 0 Å². The first kappa shape index (κ1) is 30.3. The van der Waals surface area contributed by atoms with Gasteiger partial charge in [-0.3, -0.25) is 14.4 Å². The van der Waals surface area contributed by atoms with Crippen LogP contribution in [-0.4, -0.2) is 63.6 Å². The van der Waals surface area contributed by atoms with E-state index in [9.17, 15) is 24.6 Å². The molecule has 3 aromatic carbocycles. The van der Waals surface area contributed by atoms with Crippen LogP contribution in [0, 0.1) is 6.92 Å². The molecular formula is C30H32Cl2N4O5. The number of hydrogen-bond acceptors (Lipinski definition) is 6. The van der Waals surface area contributed by atoms with Gasteiger partial charge in [0.05, 0.1) is 6.04 Å². The number of rotatable bonds is 9. The van der Waals surface area contributed by atoms with E-state index in [1.165, 1.54) is 17.0 Å². The van der Waals surface area contributed by atoms with Crippen molar-refractivity contribution in [2.24, 2.45) is 5.73 Å².